The van der Waals surface area contributed by atoms with E-state index in [9.17, 15) is 13.0 Å². The van der Waals surface area contributed by atoms with Crippen molar-refractivity contribution in [1.82, 2.24) is 5.32 Å². The molecule has 1 unspecified atom stereocenters. The minimum Gasteiger partial charge on any atom is -0.313 e. The average molecular weight is 281 g/mol. The SMILES string of the molecule is O=S(=O)(O)C(CCc1ccccc1)C1=CCCNC1. The van der Waals surface area contributed by atoms with Gasteiger partial charge < -0.3 is 5.32 Å². The van der Waals surface area contributed by atoms with E-state index in [1.165, 1.54) is 0 Å². The van der Waals surface area contributed by atoms with Crippen LogP contribution in [0.15, 0.2) is 42.0 Å². The molecule has 0 radical (unpaired) electrons. The lowest BCUT2D eigenvalue weighted by molar-refractivity contribution is 0.466. The van der Waals surface area contributed by atoms with E-state index in [1.807, 2.05) is 36.4 Å². The van der Waals surface area contributed by atoms with Crippen molar-refractivity contribution in [3.8, 4) is 0 Å². The summed E-state index contributed by atoms with van der Waals surface area (Å²) >= 11 is 0. The Balaban J connectivity index is 2.09. The van der Waals surface area contributed by atoms with Gasteiger partial charge in [0, 0.05) is 6.54 Å². The summed E-state index contributed by atoms with van der Waals surface area (Å²) in [6.45, 7) is 1.40. The van der Waals surface area contributed by atoms with Crippen molar-refractivity contribution in [2.75, 3.05) is 13.1 Å². The van der Waals surface area contributed by atoms with Gasteiger partial charge in [0.15, 0.2) is 0 Å². The number of nitrogens with one attached hydrogen (secondary N) is 1. The van der Waals surface area contributed by atoms with Crippen LogP contribution in [0.3, 0.4) is 0 Å². The molecular weight excluding hydrogens is 262 g/mol. The molecule has 104 valence electrons. The molecule has 0 saturated carbocycles. The Labute approximate surface area is 114 Å². The molecule has 0 saturated heterocycles. The number of hydrogen-bond donors (Lipinski definition) is 2. The fourth-order valence-electron chi connectivity index (χ4n) is 2.38. The lowest BCUT2D eigenvalue weighted by Crippen LogP contribution is -2.33. The molecule has 1 aromatic rings. The van der Waals surface area contributed by atoms with E-state index in [2.05, 4.69) is 5.32 Å². The maximum Gasteiger partial charge on any atom is 0.271 e. The van der Waals surface area contributed by atoms with Gasteiger partial charge in [0.25, 0.3) is 10.1 Å². The van der Waals surface area contributed by atoms with Crippen molar-refractivity contribution in [2.45, 2.75) is 24.5 Å². The standard InChI is InChI=1S/C14H19NO3S/c16-19(17,18)14(13-7-4-10-15-11-13)9-8-12-5-2-1-3-6-12/h1-3,5-7,14-15H,4,8-11H2,(H,16,17,18). The van der Waals surface area contributed by atoms with Crippen molar-refractivity contribution in [2.24, 2.45) is 0 Å². The molecule has 0 aromatic heterocycles. The number of benzene rings is 1. The first-order chi connectivity index (χ1) is 9.07. The molecule has 1 atom stereocenters. The monoisotopic (exact) mass is 281 g/mol. The lowest BCUT2D eigenvalue weighted by atomic mass is 10.0. The fraction of sp³-hybridized carbons (Fsp3) is 0.429. The predicted octanol–water partition coefficient (Wildman–Crippen LogP) is 1.80. The van der Waals surface area contributed by atoms with Gasteiger partial charge in [0.05, 0.1) is 0 Å². The summed E-state index contributed by atoms with van der Waals surface area (Å²) in [4.78, 5) is 0. The van der Waals surface area contributed by atoms with Crippen LogP contribution in [0.2, 0.25) is 0 Å². The van der Waals surface area contributed by atoms with E-state index in [-0.39, 0.29) is 0 Å². The van der Waals surface area contributed by atoms with Gasteiger partial charge in [-0.25, -0.2) is 0 Å². The molecule has 1 aliphatic heterocycles. The summed E-state index contributed by atoms with van der Waals surface area (Å²) in [7, 11) is -4.04. The zero-order chi connectivity index (χ0) is 13.7. The fourth-order valence-corrected chi connectivity index (χ4v) is 3.36. The zero-order valence-corrected chi connectivity index (χ0v) is 11.6. The maximum absolute atomic E-state index is 11.5. The molecule has 1 heterocycles. The van der Waals surface area contributed by atoms with E-state index in [1.54, 1.807) is 0 Å². The molecule has 0 aliphatic carbocycles. The maximum atomic E-state index is 11.5. The molecule has 1 aliphatic rings. The van der Waals surface area contributed by atoms with E-state index in [0.717, 1.165) is 24.1 Å². The highest BCUT2D eigenvalue weighted by molar-refractivity contribution is 7.86. The second-order valence-electron chi connectivity index (χ2n) is 4.77. The highest BCUT2D eigenvalue weighted by Gasteiger charge is 2.27. The molecule has 0 spiro atoms. The van der Waals surface area contributed by atoms with E-state index < -0.39 is 15.4 Å². The summed E-state index contributed by atoms with van der Waals surface area (Å²) in [5.74, 6) is 0. The second kappa shape index (κ2) is 6.32. The number of rotatable bonds is 5. The largest absolute Gasteiger partial charge is 0.313 e. The Kier molecular flexibility index (Phi) is 4.74. The topological polar surface area (TPSA) is 66.4 Å². The number of aryl methyl sites for hydroxylation is 1. The van der Waals surface area contributed by atoms with Crippen LogP contribution in [0.4, 0.5) is 0 Å². The van der Waals surface area contributed by atoms with Crippen LogP contribution in [0.1, 0.15) is 18.4 Å². The highest BCUT2D eigenvalue weighted by Crippen LogP contribution is 2.19. The van der Waals surface area contributed by atoms with Crippen molar-refractivity contribution in [1.29, 1.82) is 0 Å². The van der Waals surface area contributed by atoms with Crippen LogP contribution in [0, 0.1) is 0 Å². The second-order valence-corrected chi connectivity index (χ2v) is 6.37. The Morgan fingerprint density at radius 3 is 2.58 bits per heavy atom. The molecule has 2 rings (SSSR count). The first-order valence-corrected chi connectivity index (χ1v) is 7.97. The van der Waals surface area contributed by atoms with Crippen LogP contribution in [0.25, 0.3) is 0 Å². The summed E-state index contributed by atoms with van der Waals surface area (Å²) in [6, 6.07) is 9.72. The summed E-state index contributed by atoms with van der Waals surface area (Å²) in [5.41, 5.74) is 1.87. The molecule has 1 aromatic carbocycles. The molecular formula is C14H19NO3S. The molecule has 2 N–H and O–H groups in total. The Bertz CT molecular complexity index is 537. The van der Waals surface area contributed by atoms with Crippen LogP contribution in [-0.2, 0) is 16.5 Å². The predicted molar refractivity (Wildman–Crippen MR) is 75.7 cm³/mol. The van der Waals surface area contributed by atoms with Gasteiger partial charge in [-0.3, -0.25) is 4.55 Å². The van der Waals surface area contributed by atoms with Gasteiger partial charge >= 0.3 is 0 Å². The van der Waals surface area contributed by atoms with Crippen LogP contribution in [0.5, 0.6) is 0 Å². The third kappa shape index (κ3) is 4.16. The van der Waals surface area contributed by atoms with E-state index >= 15 is 0 Å². The molecule has 0 amide bonds. The van der Waals surface area contributed by atoms with Gasteiger partial charge in [-0.1, -0.05) is 36.4 Å². The molecule has 5 heteroatoms. The minimum atomic E-state index is -4.04. The van der Waals surface area contributed by atoms with Crippen molar-refractivity contribution >= 4 is 10.1 Å². The smallest absolute Gasteiger partial charge is 0.271 e. The van der Waals surface area contributed by atoms with Crippen molar-refractivity contribution < 1.29 is 13.0 Å². The van der Waals surface area contributed by atoms with Gasteiger partial charge in [-0.05, 0) is 36.9 Å². The third-order valence-electron chi connectivity index (χ3n) is 3.37. The Morgan fingerprint density at radius 1 is 1.26 bits per heavy atom. The lowest BCUT2D eigenvalue weighted by Gasteiger charge is -2.21. The first kappa shape index (κ1) is 14.2. The van der Waals surface area contributed by atoms with E-state index in [0.29, 0.717) is 19.4 Å². The molecule has 0 fully saturated rings. The van der Waals surface area contributed by atoms with Gasteiger partial charge in [-0.15, -0.1) is 0 Å². The molecule has 0 bridgehead atoms. The number of hydrogen-bond acceptors (Lipinski definition) is 3. The average Bonchev–Trinajstić information content (AvgIpc) is 2.40. The summed E-state index contributed by atoms with van der Waals surface area (Å²) in [5, 5.41) is 2.35. The minimum absolute atomic E-state index is 0.413. The highest BCUT2D eigenvalue weighted by atomic mass is 32.2. The first-order valence-electron chi connectivity index (χ1n) is 6.47. The molecule has 19 heavy (non-hydrogen) atoms. The van der Waals surface area contributed by atoms with Crippen LogP contribution < -0.4 is 5.32 Å². The van der Waals surface area contributed by atoms with Crippen LogP contribution in [-0.4, -0.2) is 31.3 Å². The summed E-state index contributed by atoms with van der Waals surface area (Å²) < 4.78 is 32.5. The van der Waals surface area contributed by atoms with Gasteiger partial charge in [0.2, 0.25) is 0 Å². The van der Waals surface area contributed by atoms with Gasteiger partial charge in [0.1, 0.15) is 5.25 Å². The Hall–Kier alpha value is -1.17. The summed E-state index contributed by atoms with van der Waals surface area (Å²) in [6.07, 6.45) is 3.80. The quantitative estimate of drug-likeness (QED) is 0.638. The Morgan fingerprint density at radius 2 is 2.00 bits per heavy atom. The van der Waals surface area contributed by atoms with Crippen LogP contribution >= 0.6 is 0 Å². The molecule has 4 nitrogen and oxygen atoms in total. The van der Waals surface area contributed by atoms with Crippen molar-refractivity contribution in [3.05, 3.63) is 47.5 Å². The van der Waals surface area contributed by atoms with E-state index in [4.69, 9.17) is 0 Å². The van der Waals surface area contributed by atoms with Gasteiger partial charge in [-0.2, -0.15) is 8.42 Å². The normalized spacial score (nSPS) is 17.8. The van der Waals surface area contributed by atoms with Crippen molar-refractivity contribution in [3.63, 3.8) is 0 Å². The third-order valence-corrected chi connectivity index (χ3v) is 4.63. The zero-order valence-electron chi connectivity index (χ0n) is 10.7.